The number of benzene rings is 1. The number of rotatable bonds is 5. The highest BCUT2D eigenvalue weighted by molar-refractivity contribution is 5.46. The molecule has 0 saturated carbocycles. The lowest BCUT2D eigenvalue weighted by atomic mass is 10.2. The molecule has 1 N–H and O–H groups in total. The molecule has 0 aliphatic heterocycles. The van der Waals surface area contributed by atoms with E-state index < -0.39 is 18.6 Å². The first-order valence-electron chi connectivity index (χ1n) is 7.31. The largest absolute Gasteiger partial charge is 0.453 e. The van der Waals surface area contributed by atoms with Crippen LogP contribution < -0.4 is 10.1 Å². The number of nitrogens with zero attached hydrogens (tertiary/aromatic N) is 4. The normalized spacial score (nSPS) is 12.0. The van der Waals surface area contributed by atoms with Crippen LogP contribution in [0.25, 0.3) is 5.78 Å². The Labute approximate surface area is 143 Å². The predicted molar refractivity (Wildman–Crippen MR) is 80.9 cm³/mol. The molecule has 6 nitrogen and oxygen atoms in total. The molecule has 0 radical (unpaired) electrons. The van der Waals surface area contributed by atoms with Gasteiger partial charge < -0.3 is 10.1 Å². The number of aromatic nitrogens is 4. The average Bonchev–Trinajstić information content (AvgIpc) is 2.96. The minimum absolute atomic E-state index is 0.0181. The van der Waals surface area contributed by atoms with Crippen molar-refractivity contribution < 1.29 is 26.7 Å². The first kappa shape index (κ1) is 17.8. The molecular formula is C15H12F5N5O. The van der Waals surface area contributed by atoms with Gasteiger partial charge in [-0.1, -0.05) is 12.1 Å². The number of fused-ring (bicyclic) bond motifs is 1. The smallest absolute Gasteiger partial charge is 0.435 e. The molecule has 0 aliphatic rings. The SMILES string of the molecule is Cc1cc(NCc2cccc(OC(F)F)c2)n2nc(C(F)(F)F)nc2n1. The summed E-state index contributed by atoms with van der Waals surface area (Å²) in [5, 5.41) is 6.33. The van der Waals surface area contributed by atoms with Gasteiger partial charge in [-0.15, -0.1) is 5.10 Å². The number of hydrogen-bond donors (Lipinski definition) is 1. The van der Waals surface area contributed by atoms with Gasteiger partial charge in [0, 0.05) is 18.3 Å². The lowest BCUT2D eigenvalue weighted by Gasteiger charge is -2.10. The van der Waals surface area contributed by atoms with Crippen molar-refractivity contribution in [2.24, 2.45) is 0 Å². The summed E-state index contributed by atoms with van der Waals surface area (Å²) in [6, 6.07) is 7.45. The third-order valence-electron chi connectivity index (χ3n) is 3.29. The van der Waals surface area contributed by atoms with Gasteiger partial charge >= 0.3 is 12.8 Å². The maximum Gasteiger partial charge on any atom is 0.453 e. The molecule has 0 saturated heterocycles. The maximum atomic E-state index is 12.8. The Morgan fingerprint density at radius 1 is 1.19 bits per heavy atom. The monoisotopic (exact) mass is 373 g/mol. The van der Waals surface area contributed by atoms with Gasteiger partial charge in [-0.05, 0) is 24.6 Å². The zero-order valence-corrected chi connectivity index (χ0v) is 13.3. The van der Waals surface area contributed by atoms with Crippen molar-refractivity contribution in [1.29, 1.82) is 0 Å². The molecule has 0 aliphatic carbocycles. The Bertz CT molecular complexity index is 924. The molecule has 2 aromatic heterocycles. The molecule has 0 bridgehead atoms. The van der Waals surface area contributed by atoms with Crippen LogP contribution in [-0.4, -0.2) is 26.2 Å². The molecule has 0 atom stereocenters. The summed E-state index contributed by atoms with van der Waals surface area (Å²) in [6.07, 6.45) is -4.69. The fourth-order valence-corrected chi connectivity index (χ4v) is 2.26. The van der Waals surface area contributed by atoms with Gasteiger partial charge in [0.05, 0.1) is 0 Å². The van der Waals surface area contributed by atoms with Crippen LogP contribution in [0.1, 0.15) is 17.1 Å². The number of aryl methyl sites for hydroxylation is 1. The van der Waals surface area contributed by atoms with Gasteiger partial charge in [-0.25, -0.2) is 4.98 Å². The highest BCUT2D eigenvalue weighted by Crippen LogP contribution is 2.27. The third-order valence-corrected chi connectivity index (χ3v) is 3.29. The van der Waals surface area contributed by atoms with E-state index in [1.54, 1.807) is 13.0 Å². The van der Waals surface area contributed by atoms with Crippen molar-refractivity contribution in [3.63, 3.8) is 0 Å². The molecule has 0 spiro atoms. The van der Waals surface area contributed by atoms with Gasteiger partial charge in [0.15, 0.2) is 0 Å². The van der Waals surface area contributed by atoms with Crippen LogP contribution in [-0.2, 0) is 12.7 Å². The fraction of sp³-hybridized carbons (Fsp3) is 0.267. The van der Waals surface area contributed by atoms with Crippen LogP contribution in [0.5, 0.6) is 5.75 Å². The van der Waals surface area contributed by atoms with Crippen LogP contribution in [0.2, 0.25) is 0 Å². The molecule has 0 unspecified atom stereocenters. The summed E-state index contributed by atoms with van der Waals surface area (Å²) in [7, 11) is 0. The lowest BCUT2D eigenvalue weighted by Crippen LogP contribution is -2.09. The number of nitrogens with one attached hydrogen (secondary N) is 1. The first-order chi connectivity index (χ1) is 12.2. The number of alkyl halides is 5. The van der Waals surface area contributed by atoms with E-state index in [1.807, 2.05) is 0 Å². The van der Waals surface area contributed by atoms with E-state index in [4.69, 9.17) is 0 Å². The van der Waals surface area contributed by atoms with E-state index in [9.17, 15) is 22.0 Å². The van der Waals surface area contributed by atoms with Crippen LogP contribution in [0.3, 0.4) is 0 Å². The summed E-state index contributed by atoms with van der Waals surface area (Å²) in [5.74, 6) is -1.29. The number of anilines is 1. The van der Waals surface area contributed by atoms with Crippen molar-refractivity contribution in [2.75, 3.05) is 5.32 Å². The summed E-state index contributed by atoms with van der Waals surface area (Å²) in [5.41, 5.74) is 1.03. The minimum atomic E-state index is -4.69. The van der Waals surface area contributed by atoms with Crippen molar-refractivity contribution >= 4 is 11.6 Å². The van der Waals surface area contributed by atoms with Crippen molar-refractivity contribution in [3.05, 3.63) is 47.4 Å². The third kappa shape index (κ3) is 3.98. The zero-order valence-electron chi connectivity index (χ0n) is 13.3. The Hall–Kier alpha value is -2.98. The van der Waals surface area contributed by atoms with Gasteiger partial charge in [-0.3, -0.25) is 0 Å². The van der Waals surface area contributed by atoms with E-state index in [-0.39, 0.29) is 23.9 Å². The molecule has 3 aromatic rings. The molecule has 2 heterocycles. The molecule has 1 aromatic carbocycles. The number of hydrogen-bond acceptors (Lipinski definition) is 5. The quantitative estimate of drug-likeness (QED) is 0.692. The topological polar surface area (TPSA) is 64.3 Å². The average molecular weight is 373 g/mol. The predicted octanol–water partition coefficient (Wildman–Crippen LogP) is 3.67. The summed E-state index contributed by atoms with van der Waals surface area (Å²) in [6.45, 7) is -1.21. The molecule has 0 amide bonds. The Morgan fingerprint density at radius 2 is 1.96 bits per heavy atom. The maximum absolute atomic E-state index is 12.8. The van der Waals surface area contributed by atoms with Crippen LogP contribution in [0, 0.1) is 6.92 Å². The second-order valence-corrected chi connectivity index (χ2v) is 5.31. The Morgan fingerprint density at radius 3 is 2.65 bits per heavy atom. The molecule has 3 rings (SSSR count). The van der Waals surface area contributed by atoms with Gasteiger partial charge in [0.25, 0.3) is 11.6 Å². The standard InChI is InChI=1S/C15H12F5N5O/c1-8-5-11(25-14(22-8)23-12(24-25)15(18,19)20)21-7-9-3-2-4-10(6-9)26-13(16)17/h2-6,13,21H,7H2,1H3. The molecule has 138 valence electrons. The number of ether oxygens (including phenoxy) is 1. The van der Waals surface area contributed by atoms with E-state index in [2.05, 4.69) is 25.1 Å². The second-order valence-electron chi connectivity index (χ2n) is 5.31. The highest BCUT2D eigenvalue weighted by atomic mass is 19.4. The summed E-state index contributed by atoms with van der Waals surface area (Å²) >= 11 is 0. The lowest BCUT2D eigenvalue weighted by molar-refractivity contribution is -0.144. The minimum Gasteiger partial charge on any atom is -0.435 e. The molecule has 0 fully saturated rings. The first-order valence-corrected chi connectivity index (χ1v) is 7.31. The molecular weight excluding hydrogens is 361 g/mol. The Balaban J connectivity index is 1.86. The summed E-state index contributed by atoms with van der Waals surface area (Å²) in [4.78, 5) is 7.30. The van der Waals surface area contributed by atoms with Gasteiger partial charge in [-0.2, -0.15) is 31.5 Å². The van der Waals surface area contributed by atoms with Crippen LogP contribution in [0.4, 0.5) is 27.8 Å². The van der Waals surface area contributed by atoms with Crippen molar-refractivity contribution in [2.45, 2.75) is 26.3 Å². The van der Waals surface area contributed by atoms with Crippen molar-refractivity contribution in [1.82, 2.24) is 19.6 Å². The van der Waals surface area contributed by atoms with E-state index in [1.165, 1.54) is 24.3 Å². The van der Waals surface area contributed by atoms with E-state index in [0.717, 1.165) is 4.52 Å². The zero-order chi connectivity index (χ0) is 18.9. The van der Waals surface area contributed by atoms with E-state index >= 15 is 0 Å². The van der Waals surface area contributed by atoms with E-state index in [0.29, 0.717) is 11.3 Å². The van der Waals surface area contributed by atoms with Crippen LogP contribution >= 0.6 is 0 Å². The molecule has 26 heavy (non-hydrogen) atoms. The Kier molecular flexibility index (Phi) is 4.62. The highest BCUT2D eigenvalue weighted by Gasteiger charge is 2.36. The summed E-state index contributed by atoms with van der Waals surface area (Å²) < 4.78 is 68.2. The van der Waals surface area contributed by atoms with Crippen LogP contribution in [0.15, 0.2) is 30.3 Å². The van der Waals surface area contributed by atoms with Gasteiger partial charge in [0.2, 0.25) is 0 Å². The fourth-order valence-electron chi connectivity index (χ4n) is 2.26. The second kappa shape index (κ2) is 6.73. The molecule has 11 heteroatoms. The van der Waals surface area contributed by atoms with Crippen molar-refractivity contribution in [3.8, 4) is 5.75 Å². The van der Waals surface area contributed by atoms with Gasteiger partial charge in [0.1, 0.15) is 11.6 Å². The number of halogens is 5.